The van der Waals surface area contributed by atoms with Gasteiger partial charge in [0.15, 0.2) is 6.61 Å². The lowest BCUT2D eigenvalue weighted by Gasteiger charge is -2.14. The molecule has 0 bridgehead atoms. The highest BCUT2D eigenvalue weighted by molar-refractivity contribution is 5.84. The number of amides is 1. The van der Waals surface area contributed by atoms with Crippen molar-refractivity contribution in [1.29, 1.82) is 0 Å². The van der Waals surface area contributed by atoms with Gasteiger partial charge in [0.25, 0.3) is 5.91 Å². The molecule has 0 saturated heterocycles. The molecule has 0 aliphatic carbocycles. The number of rotatable bonds is 8. The van der Waals surface area contributed by atoms with E-state index in [0.29, 0.717) is 24.2 Å². The SMILES string of the molecule is CCCCC(NC(=O)COc1ccc2ccc(=O)oc2c1)C(=O)O. The molecule has 1 aromatic heterocycles. The van der Waals surface area contributed by atoms with E-state index in [0.717, 1.165) is 11.8 Å². The van der Waals surface area contributed by atoms with Gasteiger partial charge in [0, 0.05) is 17.5 Å². The van der Waals surface area contributed by atoms with Crippen molar-refractivity contribution in [3.63, 3.8) is 0 Å². The Kier molecular flexibility index (Phi) is 5.95. The van der Waals surface area contributed by atoms with Crippen molar-refractivity contribution in [3.05, 3.63) is 40.8 Å². The number of ether oxygens (including phenoxy) is 1. The summed E-state index contributed by atoms with van der Waals surface area (Å²) in [6.45, 7) is 1.63. The molecule has 0 radical (unpaired) electrons. The molecule has 0 aliphatic heterocycles. The topological polar surface area (TPSA) is 106 Å². The number of benzene rings is 1. The van der Waals surface area contributed by atoms with E-state index in [2.05, 4.69) is 5.32 Å². The molecular formula is C17H19NO6. The average Bonchev–Trinajstić information content (AvgIpc) is 2.56. The monoisotopic (exact) mass is 333 g/mol. The maximum absolute atomic E-state index is 11.8. The minimum absolute atomic E-state index is 0.321. The van der Waals surface area contributed by atoms with Crippen molar-refractivity contribution in [2.75, 3.05) is 6.61 Å². The van der Waals surface area contributed by atoms with Crippen molar-refractivity contribution in [1.82, 2.24) is 5.32 Å². The molecule has 0 spiro atoms. The van der Waals surface area contributed by atoms with Crippen LogP contribution >= 0.6 is 0 Å². The van der Waals surface area contributed by atoms with E-state index in [1.807, 2.05) is 6.92 Å². The number of carbonyl (C=O) groups is 2. The van der Waals surface area contributed by atoms with E-state index in [1.54, 1.807) is 18.2 Å². The number of nitrogens with one attached hydrogen (secondary N) is 1. The second-order valence-corrected chi connectivity index (χ2v) is 5.34. The minimum atomic E-state index is -1.07. The van der Waals surface area contributed by atoms with Crippen molar-refractivity contribution in [3.8, 4) is 5.75 Å². The Morgan fingerprint density at radius 1 is 1.29 bits per heavy atom. The Labute approximate surface area is 138 Å². The first kappa shape index (κ1) is 17.5. The first-order valence-electron chi connectivity index (χ1n) is 7.68. The molecule has 7 heteroatoms. The number of aliphatic carboxylic acids is 1. The highest BCUT2D eigenvalue weighted by Crippen LogP contribution is 2.19. The van der Waals surface area contributed by atoms with E-state index in [-0.39, 0.29) is 6.61 Å². The molecule has 2 N–H and O–H groups in total. The van der Waals surface area contributed by atoms with Crippen LogP contribution in [0.4, 0.5) is 0 Å². The van der Waals surface area contributed by atoms with Crippen LogP contribution < -0.4 is 15.7 Å². The molecule has 1 amide bonds. The highest BCUT2D eigenvalue weighted by Gasteiger charge is 2.19. The van der Waals surface area contributed by atoms with E-state index in [4.69, 9.17) is 14.3 Å². The predicted molar refractivity (Wildman–Crippen MR) is 87.1 cm³/mol. The lowest BCUT2D eigenvalue weighted by atomic mass is 10.1. The van der Waals surface area contributed by atoms with Gasteiger partial charge in [0.2, 0.25) is 0 Å². The fraction of sp³-hybridized carbons (Fsp3) is 0.353. The zero-order valence-electron chi connectivity index (χ0n) is 13.3. The molecular weight excluding hydrogens is 314 g/mol. The van der Waals surface area contributed by atoms with Gasteiger partial charge in [-0.05, 0) is 24.6 Å². The van der Waals surface area contributed by atoms with Crippen LogP contribution in [0.1, 0.15) is 26.2 Å². The van der Waals surface area contributed by atoms with Gasteiger partial charge in [-0.1, -0.05) is 19.8 Å². The minimum Gasteiger partial charge on any atom is -0.484 e. The Bertz CT molecular complexity index is 782. The molecule has 1 unspecified atom stereocenters. The van der Waals surface area contributed by atoms with Gasteiger partial charge in [-0.25, -0.2) is 9.59 Å². The van der Waals surface area contributed by atoms with Gasteiger partial charge in [-0.3, -0.25) is 4.79 Å². The summed E-state index contributed by atoms with van der Waals surface area (Å²) in [7, 11) is 0. The first-order valence-corrected chi connectivity index (χ1v) is 7.68. The van der Waals surface area contributed by atoms with E-state index >= 15 is 0 Å². The molecule has 0 fully saturated rings. The third-order valence-corrected chi connectivity index (χ3v) is 3.44. The molecule has 128 valence electrons. The number of unbranched alkanes of at least 4 members (excludes halogenated alkanes) is 1. The maximum Gasteiger partial charge on any atom is 0.336 e. The van der Waals surface area contributed by atoms with Gasteiger partial charge < -0.3 is 19.6 Å². The largest absolute Gasteiger partial charge is 0.484 e. The predicted octanol–water partition coefficient (Wildman–Crippen LogP) is 1.93. The Hall–Kier alpha value is -2.83. The quantitative estimate of drug-likeness (QED) is 0.715. The normalized spacial score (nSPS) is 11.9. The smallest absolute Gasteiger partial charge is 0.336 e. The molecule has 0 aliphatic rings. The third-order valence-electron chi connectivity index (χ3n) is 3.44. The second kappa shape index (κ2) is 8.14. The van der Waals surface area contributed by atoms with Gasteiger partial charge in [-0.15, -0.1) is 0 Å². The van der Waals surface area contributed by atoms with Crippen molar-refractivity contribution in [2.45, 2.75) is 32.2 Å². The van der Waals surface area contributed by atoms with Crippen LogP contribution in [0.3, 0.4) is 0 Å². The molecule has 2 aromatic rings. The van der Waals surface area contributed by atoms with Crippen molar-refractivity contribution >= 4 is 22.8 Å². The van der Waals surface area contributed by atoms with Crippen LogP contribution in [0.25, 0.3) is 11.0 Å². The summed E-state index contributed by atoms with van der Waals surface area (Å²) >= 11 is 0. The third kappa shape index (κ3) is 4.84. The number of carbonyl (C=O) groups excluding carboxylic acids is 1. The summed E-state index contributed by atoms with van der Waals surface area (Å²) in [5.74, 6) is -1.23. The van der Waals surface area contributed by atoms with Crippen LogP contribution in [0.5, 0.6) is 5.75 Å². The Morgan fingerprint density at radius 2 is 2.04 bits per heavy atom. The van der Waals surface area contributed by atoms with Gasteiger partial charge in [0.05, 0.1) is 0 Å². The van der Waals surface area contributed by atoms with Crippen LogP contribution in [0.15, 0.2) is 39.5 Å². The zero-order chi connectivity index (χ0) is 17.5. The summed E-state index contributed by atoms with van der Waals surface area (Å²) < 4.78 is 10.4. The molecule has 24 heavy (non-hydrogen) atoms. The zero-order valence-corrected chi connectivity index (χ0v) is 13.3. The van der Waals surface area contributed by atoms with Gasteiger partial charge >= 0.3 is 11.6 Å². The van der Waals surface area contributed by atoms with E-state index in [9.17, 15) is 14.4 Å². The van der Waals surface area contributed by atoms with Crippen molar-refractivity contribution in [2.24, 2.45) is 0 Å². The highest BCUT2D eigenvalue weighted by atomic mass is 16.5. The van der Waals surface area contributed by atoms with E-state index < -0.39 is 23.5 Å². The number of hydrogen-bond donors (Lipinski definition) is 2. The van der Waals surface area contributed by atoms with Crippen LogP contribution in [0.2, 0.25) is 0 Å². The van der Waals surface area contributed by atoms with E-state index in [1.165, 1.54) is 12.1 Å². The fourth-order valence-corrected chi connectivity index (χ4v) is 2.18. The lowest BCUT2D eigenvalue weighted by molar-refractivity contribution is -0.142. The number of hydrogen-bond acceptors (Lipinski definition) is 5. The average molecular weight is 333 g/mol. The molecule has 2 rings (SSSR count). The lowest BCUT2D eigenvalue weighted by Crippen LogP contribution is -2.42. The first-order chi connectivity index (χ1) is 11.5. The van der Waals surface area contributed by atoms with Gasteiger partial charge in [0.1, 0.15) is 17.4 Å². The molecule has 0 saturated carbocycles. The second-order valence-electron chi connectivity index (χ2n) is 5.34. The summed E-state index contributed by atoms with van der Waals surface area (Å²) in [6.07, 6.45) is 1.93. The van der Waals surface area contributed by atoms with Crippen LogP contribution in [0, 0.1) is 0 Å². The summed E-state index contributed by atoms with van der Waals surface area (Å²) in [4.78, 5) is 34.1. The molecule has 7 nitrogen and oxygen atoms in total. The maximum atomic E-state index is 11.8. The molecule has 1 heterocycles. The Balaban J connectivity index is 1.95. The molecule has 1 aromatic carbocycles. The number of carboxylic acid groups (broad SMARTS) is 1. The Morgan fingerprint density at radius 3 is 2.75 bits per heavy atom. The summed E-state index contributed by atoms with van der Waals surface area (Å²) in [5.41, 5.74) is -0.121. The summed E-state index contributed by atoms with van der Waals surface area (Å²) in [6, 6.07) is 6.88. The molecule has 1 atom stereocenters. The summed E-state index contributed by atoms with van der Waals surface area (Å²) in [5, 5.41) is 12.2. The van der Waals surface area contributed by atoms with Crippen LogP contribution in [-0.4, -0.2) is 29.6 Å². The number of carboxylic acids is 1. The number of fused-ring (bicyclic) bond motifs is 1. The van der Waals surface area contributed by atoms with Crippen molar-refractivity contribution < 1.29 is 23.8 Å². The standard InChI is InChI=1S/C17H19NO6/c1-2-3-4-13(17(21)22)18-15(19)10-23-12-7-5-11-6-8-16(20)24-14(11)9-12/h5-9,13H,2-4,10H2,1H3,(H,18,19)(H,21,22). The fourth-order valence-electron chi connectivity index (χ4n) is 2.18. The van der Waals surface area contributed by atoms with Gasteiger partial charge in [-0.2, -0.15) is 0 Å². The van der Waals surface area contributed by atoms with Crippen LogP contribution in [-0.2, 0) is 9.59 Å².